The zero-order valence-electron chi connectivity index (χ0n) is 9.96. The van der Waals surface area contributed by atoms with Gasteiger partial charge in [0.2, 0.25) is 0 Å². The van der Waals surface area contributed by atoms with Crippen molar-refractivity contribution in [3.63, 3.8) is 0 Å². The zero-order chi connectivity index (χ0) is 13.0. The van der Waals surface area contributed by atoms with Crippen LogP contribution in [0.15, 0.2) is 35.7 Å². The minimum atomic E-state index is -0.997. The molecule has 18 heavy (non-hydrogen) atoms. The molecule has 0 aliphatic rings. The predicted molar refractivity (Wildman–Crippen MR) is 70.8 cm³/mol. The summed E-state index contributed by atoms with van der Waals surface area (Å²) < 4.78 is 0. The fourth-order valence-corrected chi connectivity index (χ4v) is 2.35. The molecule has 0 aliphatic carbocycles. The van der Waals surface area contributed by atoms with Crippen molar-refractivity contribution in [1.82, 2.24) is 10.3 Å². The molecule has 0 radical (unpaired) electrons. The van der Waals surface area contributed by atoms with Gasteiger partial charge in [0, 0.05) is 17.5 Å². The van der Waals surface area contributed by atoms with Gasteiger partial charge in [-0.15, -0.1) is 11.3 Å². The highest BCUT2D eigenvalue weighted by atomic mass is 32.1. The minimum absolute atomic E-state index is 0.0816. The monoisotopic (exact) mass is 262 g/mol. The number of pyridine rings is 1. The van der Waals surface area contributed by atoms with Gasteiger partial charge in [-0.05, 0) is 30.5 Å². The van der Waals surface area contributed by atoms with Gasteiger partial charge in [0.25, 0.3) is 0 Å². The third-order valence-corrected chi connectivity index (χ3v) is 3.64. The molecular weight excluding hydrogens is 248 g/mol. The maximum atomic E-state index is 10.8. The summed E-state index contributed by atoms with van der Waals surface area (Å²) in [6.45, 7) is 2.63. The number of nitrogens with zero attached hydrogens (tertiary/aromatic N) is 1. The summed E-state index contributed by atoms with van der Waals surface area (Å²) in [4.78, 5) is 16.1. The van der Waals surface area contributed by atoms with Gasteiger partial charge in [-0.3, -0.25) is 0 Å². The number of aromatic nitrogens is 1. The number of carboxylic acids is 1. The highest BCUT2D eigenvalue weighted by molar-refractivity contribution is 7.10. The van der Waals surface area contributed by atoms with E-state index in [0.29, 0.717) is 6.54 Å². The zero-order valence-corrected chi connectivity index (χ0v) is 10.8. The Labute approximate surface area is 109 Å². The Bertz CT molecular complexity index is 526. The van der Waals surface area contributed by atoms with Crippen molar-refractivity contribution in [2.75, 3.05) is 0 Å². The van der Waals surface area contributed by atoms with E-state index in [2.05, 4.69) is 23.3 Å². The molecule has 2 aromatic heterocycles. The van der Waals surface area contributed by atoms with Crippen molar-refractivity contribution < 1.29 is 9.90 Å². The van der Waals surface area contributed by atoms with Crippen LogP contribution in [-0.2, 0) is 6.54 Å². The Morgan fingerprint density at radius 3 is 2.94 bits per heavy atom. The van der Waals surface area contributed by atoms with Gasteiger partial charge in [0.1, 0.15) is 5.69 Å². The van der Waals surface area contributed by atoms with E-state index in [1.807, 2.05) is 17.5 Å². The molecule has 0 fully saturated rings. The molecule has 1 atom stereocenters. The first-order valence-electron chi connectivity index (χ1n) is 5.63. The van der Waals surface area contributed by atoms with E-state index < -0.39 is 5.97 Å². The lowest BCUT2D eigenvalue weighted by molar-refractivity contribution is 0.0690. The molecule has 4 nitrogen and oxygen atoms in total. The highest BCUT2D eigenvalue weighted by Gasteiger charge is 2.08. The average Bonchev–Trinajstić information content (AvgIpc) is 2.90. The molecule has 0 saturated heterocycles. The molecule has 0 aromatic carbocycles. The average molecular weight is 262 g/mol. The third kappa shape index (κ3) is 3.15. The molecule has 0 amide bonds. The van der Waals surface area contributed by atoms with Crippen LogP contribution in [0.5, 0.6) is 0 Å². The summed E-state index contributed by atoms with van der Waals surface area (Å²) in [6, 6.07) is 9.35. The van der Waals surface area contributed by atoms with E-state index in [4.69, 9.17) is 5.11 Å². The maximum absolute atomic E-state index is 10.8. The second-order valence-corrected chi connectivity index (χ2v) is 4.92. The Morgan fingerprint density at radius 2 is 2.28 bits per heavy atom. The lowest BCUT2D eigenvalue weighted by Gasteiger charge is -2.11. The highest BCUT2D eigenvalue weighted by Crippen LogP contribution is 2.18. The van der Waals surface area contributed by atoms with Crippen LogP contribution in [0.2, 0.25) is 0 Å². The Kier molecular flexibility index (Phi) is 4.07. The fraction of sp³-hybridized carbons (Fsp3) is 0.231. The van der Waals surface area contributed by atoms with Crippen molar-refractivity contribution in [3.05, 3.63) is 52.0 Å². The fourth-order valence-electron chi connectivity index (χ4n) is 1.59. The number of hydrogen-bond donors (Lipinski definition) is 2. The summed E-state index contributed by atoms with van der Waals surface area (Å²) >= 11 is 1.70. The largest absolute Gasteiger partial charge is 0.477 e. The smallest absolute Gasteiger partial charge is 0.354 e. The quantitative estimate of drug-likeness (QED) is 0.869. The number of hydrogen-bond acceptors (Lipinski definition) is 4. The molecule has 0 bridgehead atoms. The maximum Gasteiger partial charge on any atom is 0.354 e. The summed E-state index contributed by atoms with van der Waals surface area (Å²) in [7, 11) is 0. The summed E-state index contributed by atoms with van der Waals surface area (Å²) in [5, 5.41) is 14.2. The molecule has 5 heteroatoms. The Balaban J connectivity index is 1.98. The number of aromatic carboxylic acids is 1. The molecule has 0 aliphatic heterocycles. The SMILES string of the molecule is C[C@@H](NCc1cccc(C(=O)O)n1)c1cccs1. The van der Waals surface area contributed by atoms with Crippen molar-refractivity contribution in [1.29, 1.82) is 0 Å². The summed E-state index contributed by atoms with van der Waals surface area (Å²) in [6.07, 6.45) is 0. The molecule has 94 valence electrons. The molecule has 0 unspecified atom stereocenters. The first-order chi connectivity index (χ1) is 8.66. The van der Waals surface area contributed by atoms with Crippen molar-refractivity contribution in [3.8, 4) is 0 Å². The van der Waals surface area contributed by atoms with Crippen LogP contribution in [0.4, 0.5) is 0 Å². The van der Waals surface area contributed by atoms with E-state index in [0.717, 1.165) is 5.69 Å². The normalized spacial score (nSPS) is 12.3. The molecule has 2 N–H and O–H groups in total. The van der Waals surface area contributed by atoms with Crippen LogP contribution in [0, 0.1) is 0 Å². The van der Waals surface area contributed by atoms with Gasteiger partial charge in [-0.1, -0.05) is 12.1 Å². The number of carbonyl (C=O) groups is 1. The van der Waals surface area contributed by atoms with Crippen molar-refractivity contribution >= 4 is 17.3 Å². The minimum Gasteiger partial charge on any atom is -0.477 e. The first kappa shape index (κ1) is 12.7. The molecule has 0 saturated carbocycles. The van der Waals surface area contributed by atoms with Crippen LogP contribution < -0.4 is 5.32 Å². The Hall–Kier alpha value is -1.72. The standard InChI is InChI=1S/C13H14N2O2S/c1-9(12-6-3-7-18-12)14-8-10-4-2-5-11(15-10)13(16)17/h2-7,9,14H,8H2,1H3,(H,16,17)/t9-/m1/s1. The van der Waals surface area contributed by atoms with Gasteiger partial charge >= 0.3 is 5.97 Å². The molecular formula is C13H14N2O2S. The lowest BCUT2D eigenvalue weighted by Crippen LogP contribution is -2.18. The van der Waals surface area contributed by atoms with Gasteiger partial charge in [0.05, 0.1) is 5.69 Å². The third-order valence-electron chi connectivity index (χ3n) is 2.59. The van der Waals surface area contributed by atoms with E-state index in [9.17, 15) is 4.79 Å². The summed E-state index contributed by atoms with van der Waals surface area (Å²) in [5.74, 6) is -0.997. The van der Waals surface area contributed by atoms with E-state index >= 15 is 0 Å². The lowest BCUT2D eigenvalue weighted by atomic mass is 10.2. The van der Waals surface area contributed by atoms with Crippen molar-refractivity contribution in [2.24, 2.45) is 0 Å². The van der Waals surface area contributed by atoms with Crippen LogP contribution in [0.1, 0.15) is 34.0 Å². The number of carboxylic acid groups (broad SMARTS) is 1. The Morgan fingerprint density at radius 1 is 1.44 bits per heavy atom. The predicted octanol–water partition coefficient (Wildman–Crippen LogP) is 2.69. The molecule has 2 heterocycles. The van der Waals surface area contributed by atoms with Crippen LogP contribution in [-0.4, -0.2) is 16.1 Å². The van der Waals surface area contributed by atoms with E-state index in [1.165, 1.54) is 10.9 Å². The van der Waals surface area contributed by atoms with Crippen molar-refractivity contribution in [2.45, 2.75) is 19.5 Å². The number of thiophene rings is 1. The first-order valence-corrected chi connectivity index (χ1v) is 6.51. The topological polar surface area (TPSA) is 62.2 Å². The summed E-state index contributed by atoms with van der Waals surface area (Å²) in [5.41, 5.74) is 0.816. The van der Waals surface area contributed by atoms with Gasteiger partial charge in [-0.2, -0.15) is 0 Å². The molecule has 2 rings (SSSR count). The van der Waals surface area contributed by atoms with Crippen LogP contribution in [0.25, 0.3) is 0 Å². The second-order valence-electron chi connectivity index (χ2n) is 3.94. The van der Waals surface area contributed by atoms with Gasteiger partial charge < -0.3 is 10.4 Å². The number of nitrogens with one attached hydrogen (secondary N) is 1. The van der Waals surface area contributed by atoms with Crippen LogP contribution in [0.3, 0.4) is 0 Å². The van der Waals surface area contributed by atoms with Gasteiger partial charge in [0.15, 0.2) is 0 Å². The van der Waals surface area contributed by atoms with E-state index in [1.54, 1.807) is 17.4 Å². The van der Waals surface area contributed by atoms with Crippen LogP contribution >= 0.6 is 11.3 Å². The second kappa shape index (κ2) is 5.75. The molecule has 2 aromatic rings. The number of rotatable bonds is 5. The van der Waals surface area contributed by atoms with E-state index in [-0.39, 0.29) is 11.7 Å². The van der Waals surface area contributed by atoms with Gasteiger partial charge in [-0.25, -0.2) is 9.78 Å². The molecule has 0 spiro atoms.